The van der Waals surface area contributed by atoms with Crippen LogP contribution in [0.4, 0.5) is 5.13 Å². The van der Waals surface area contributed by atoms with Crippen LogP contribution >= 0.6 is 27.3 Å². The number of carbonyl (C=O) groups excluding carboxylic acids is 1. The molecule has 124 valence electrons. The molecule has 0 aliphatic heterocycles. The summed E-state index contributed by atoms with van der Waals surface area (Å²) in [5.41, 5.74) is 2.89. The summed E-state index contributed by atoms with van der Waals surface area (Å²) in [6.07, 6.45) is 0. The molecule has 1 aromatic carbocycles. The van der Waals surface area contributed by atoms with Gasteiger partial charge in [0.1, 0.15) is 5.56 Å². The highest BCUT2D eigenvalue weighted by molar-refractivity contribution is 9.10. The molecule has 24 heavy (non-hydrogen) atoms. The number of carbonyl (C=O) groups is 1. The molecule has 1 amide bonds. The first-order valence-electron chi connectivity index (χ1n) is 7.44. The number of anilines is 1. The number of aromatic nitrogens is 2. The number of benzene rings is 1. The Bertz CT molecular complexity index is 886. The van der Waals surface area contributed by atoms with E-state index in [0.717, 1.165) is 15.7 Å². The maximum Gasteiger partial charge on any atom is 0.262 e. The Morgan fingerprint density at radius 2 is 2.17 bits per heavy atom. The van der Waals surface area contributed by atoms with Crippen molar-refractivity contribution < 1.29 is 9.32 Å². The highest BCUT2D eigenvalue weighted by Crippen LogP contribution is 2.28. The average molecular weight is 406 g/mol. The average Bonchev–Trinajstić information content (AvgIpc) is 3.14. The Morgan fingerprint density at radius 1 is 1.38 bits per heavy atom. The third-order valence-corrected chi connectivity index (χ3v) is 4.74. The number of nitrogens with one attached hydrogen (secondary N) is 1. The molecular formula is C17H16BrN3O2S. The van der Waals surface area contributed by atoms with Crippen LogP contribution in [0.5, 0.6) is 0 Å². The minimum absolute atomic E-state index is 0.0838. The van der Waals surface area contributed by atoms with E-state index in [9.17, 15) is 4.79 Å². The number of halogens is 1. The van der Waals surface area contributed by atoms with Gasteiger partial charge in [-0.15, -0.1) is 11.3 Å². The standard InChI is InChI=1S/C17H16BrN3O2S/c1-9(2)15-14(10(3)21-23-15)16(22)20-17-19-13(8-24-17)11-5-4-6-12(18)7-11/h4-9H,1-3H3,(H,19,20,22). The smallest absolute Gasteiger partial charge is 0.262 e. The number of rotatable bonds is 4. The molecule has 1 N–H and O–H groups in total. The number of thiazole rings is 1. The molecule has 0 atom stereocenters. The summed E-state index contributed by atoms with van der Waals surface area (Å²) < 4.78 is 6.26. The van der Waals surface area contributed by atoms with Crippen LogP contribution in [-0.4, -0.2) is 16.0 Å². The third-order valence-electron chi connectivity index (χ3n) is 3.49. The summed E-state index contributed by atoms with van der Waals surface area (Å²) in [6, 6.07) is 7.88. The quantitative estimate of drug-likeness (QED) is 0.643. The second-order valence-electron chi connectivity index (χ2n) is 5.66. The summed E-state index contributed by atoms with van der Waals surface area (Å²) in [7, 11) is 0. The fourth-order valence-corrected chi connectivity index (χ4v) is 3.44. The van der Waals surface area contributed by atoms with Gasteiger partial charge < -0.3 is 4.52 Å². The Hall–Kier alpha value is -1.99. The maximum atomic E-state index is 12.6. The van der Waals surface area contributed by atoms with E-state index < -0.39 is 0 Å². The summed E-state index contributed by atoms with van der Waals surface area (Å²) in [4.78, 5) is 17.1. The van der Waals surface area contributed by atoms with Crippen molar-refractivity contribution in [2.24, 2.45) is 0 Å². The van der Waals surface area contributed by atoms with E-state index in [1.165, 1.54) is 11.3 Å². The second-order valence-corrected chi connectivity index (χ2v) is 7.44. The molecule has 2 aromatic heterocycles. The molecule has 3 aromatic rings. The normalized spacial score (nSPS) is 11.0. The number of hydrogen-bond acceptors (Lipinski definition) is 5. The first kappa shape index (κ1) is 16.9. The minimum atomic E-state index is -0.243. The zero-order valence-electron chi connectivity index (χ0n) is 13.5. The lowest BCUT2D eigenvalue weighted by molar-refractivity contribution is 0.102. The summed E-state index contributed by atoms with van der Waals surface area (Å²) in [5, 5.41) is 9.21. The van der Waals surface area contributed by atoms with E-state index in [0.29, 0.717) is 22.1 Å². The molecule has 0 saturated carbocycles. The van der Waals surface area contributed by atoms with E-state index in [1.54, 1.807) is 6.92 Å². The molecule has 0 saturated heterocycles. The monoisotopic (exact) mass is 405 g/mol. The van der Waals surface area contributed by atoms with E-state index >= 15 is 0 Å². The Morgan fingerprint density at radius 3 is 2.88 bits per heavy atom. The van der Waals surface area contributed by atoms with Crippen LogP contribution in [0.3, 0.4) is 0 Å². The Labute approximate surface area is 152 Å². The highest BCUT2D eigenvalue weighted by atomic mass is 79.9. The van der Waals surface area contributed by atoms with Gasteiger partial charge in [0.2, 0.25) is 0 Å². The molecule has 0 radical (unpaired) electrons. The van der Waals surface area contributed by atoms with Crippen LogP contribution in [0.1, 0.15) is 41.6 Å². The van der Waals surface area contributed by atoms with Gasteiger partial charge in [-0.1, -0.05) is 47.1 Å². The van der Waals surface area contributed by atoms with Gasteiger partial charge in [0.25, 0.3) is 5.91 Å². The van der Waals surface area contributed by atoms with Crippen molar-refractivity contribution >= 4 is 38.3 Å². The van der Waals surface area contributed by atoms with Crippen LogP contribution < -0.4 is 5.32 Å². The van der Waals surface area contributed by atoms with Gasteiger partial charge in [-0.2, -0.15) is 0 Å². The molecule has 2 heterocycles. The zero-order valence-corrected chi connectivity index (χ0v) is 15.9. The summed E-state index contributed by atoms with van der Waals surface area (Å²) in [6.45, 7) is 5.69. The van der Waals surface area contributed by atoms with Gasteiger partial charge in [-0.3, -0.25) is 10.1 Å². The lowest BCUT2D eigenvalue weighted by Crippen LogP contribution is -2.14. The molecule has 0 aliphatic carbocycles. The van der Waals surface area contributed by atoms with Crippen molar-refractivity contribution in [1.29, 1.82) is 0 Å². The van der Waals surface area contributed by atoms with E-state index in [1.807, 2.05) is 43.5 Å². The topological polar surface area (TPSA) is 68.0 Å². The van der Waals surface area contributed by atoms with Crippen LogP contribution in [0, 0.1) is 6.92 Å². The summed E-state index contributed by atoms with van der Waals surface area (Å²) >= 11 is 4.84. The molecule has 0 fully saturated rings. The molecule has 0 spiro atoms. The van der Waals surface area contributed by atoms with Gasteiger partial charge in [0, 0.05) is 21.3 Å². The molecule has 0 bridgehead atoms. The molecule has 5 nitrogen and oxygen atoms in total. The predicted octanol–water partition coefficient (Wildman–Crippen LogP) is 5.24. The van der Waals surface area contributed by atoms with Gasteiger partial charge in [-0.05, 0) is 19.1 Å². The number of nitrogens with zero attached hydrogens (tertiary/aromatic N) is 2. The molecule has 7 heteroatoms. The fourth-order valence-electron chi connectivity index (χ4n) is 2.33. The van der Waals surface area contributed by atoms with Crippen LogP contribution in [0.15, 0.2) is 38.6 Å². The molecular weight excluding hydrogens is 390 g/mol. The predicted molar refractivity (Wildman–Crippen MR) is 98.5 cm³/mol. The first-order valence-corrected chi connectivity index (χ1v) is 9.12. The van der Waals surface area contributed by atoms with Crippen LogP contribution in [-0.2, 0) is 0 Å². The van der Waals surface area contributed by atoms with Crippen molar-refractivity contribution in [2.45, 2.75) is 26.7 Å². The highest BCUT2D eigenvalue weighted by Gasteiger charge is 2.23. The lowest BCUT2D eigenvalue weighted by Gasteiger charge is -2.04. The Kier molecular flexibility index (Phi) is 4.82. The fraction of sp³-hybridized carbons (Fsp3) is 0.235. The molecule has 3 rings (SSSR count). The minimum Gasteiger partial charge on any atom is -0.360 e. The second kappa shape index (κ2) is 6.86. The Balaban J connectivity index is 1.83. The van der Waals surface area contributed by atoms with Crippen LogP contribution in [0.25, 0.3) is 11.3 Å². The first-order chi connectivity index (χ1) is 11.5. The van der Waals surface area contributed by atoms with E-state index in [-0.39, 0.29) is 11.8 Å². The van der Waals surface area contributed by atoms with Crippen molar-refractivity contribution in [3.05, 3.63) is 51.1 Å². The van der Waals surface area contributed by atoms with Gasteiger partial charge in [0.05, 0.1) is 11.4 Å². The van der Waals surface area contributed by atoms with Gasteiger partial charge in [-0.25, -0.2) is 4.98 Å². The number of aryl methyl sites for hydroxylation is 1. The van der Waals surface area contributed by atoms with Crippen molar-refractivity contribution in [3.8, 4) is 11.3 Å². The van der Waals surface area contributed by atoms with Crippen molar-refractivity contribution in [2.75, 3.05) is 5.32 Å². The zero-order chi connectivity index (χ0) is 17.3. The van der Waals surface area contributed by atoms with Gasteiger partial charge in [0.15, 0.2) is 10.9 Å². The SMILES string of the molecule is Cc1noc(C(C)C)c1C(=O)Nc1nc(-c2cccc(Br)c2)cs1. The summed E-state index contributed by atoms with van der Waals surface area (Å²) in [5.74, 6) is 0.432. The lowest BCUT2D eigenvalue weighted by atomic mass is 10.0. The number of hydrogen-bond donors (Lipinski definition) is 1. The third kappa shape index (κ3) is 3.42. The van der Waals surface area contributed by atoms with Crippen LogP contribution in [0.2, 0.25) is 0 Å². The van der Waals surface area contributed by atoms with E-state index in [2.05, 4.69) is 31.4 Å². The van der Waals surface area contributed by atoms with E-state index in [4.69, 9.17) is 4.52 Å². The van der Waals surface area contributed by atoms with Crippen molar-refractivity contribution in [3.63, 3.8) is 0 Å². The maximum absolute atomic E-state index is 12.6. The molecule has 0 unspecified atom stereocenters. The van der Waals surface area contributed by atoms with Gasteiger partial charge >= 0.3 is 0 Å². The molecule has 0 aliphatic rings. The number of amides is 1. The van der Waals surface area contributed by atoms with Crippen molar-refractivity contribution in [1.82, 2.24) is 10.1 Å². The largest absolute Gasteiger partial charge is 0.360 e.